The number of aromatic nitrogens is 1. The molecule has 35 heavy (non-hydrogen) atoms. The standard InChI is InChI=1S/C30H36N4O/c35-30(27-12-7-11-26(23-27)25-9-3-1-4-10-25)32-28-13-8-17-31-29(28)34-21-15-24(16-22-34)14-20-33-18-5-2-6-19-33/h1,3-4,7-13,17,23-24H,2,5-6,14-16,18-22H2,(H,32,35). The molecule has 5 nitrogen and oxygen atoms in total. The van der Waals surface area contributed by atoms with Gasteiger partial charge < -0.3 is 15.1 Å². The zero-order valence-electron chi connectivity index (χ0n) is 20.5. The van der Waals surface area contributed by atoms with Gasteiger partial charge in [0.15, 0.2) is 5.82 Å². The van der Waals surface area contributed by atoms with E-state index in [2.05, 4.69) is 32.2 Å². The summed E-state index contributed by atoms with van der Waals surface area (Å²) in [7, 11) is 0. The van der Waals surface area contributed by atoms with Crippen LogP contribution < -0.4 is 10.2 Å². The highest BCUT2D eigenvalue weighted by Gasteiger charge is 2.23. The summed E-state index contributed by atoms with van der Waals surface area (Å²) in [5.74, 6) is 1.57. The van der Waals surface area contributed by atoms with Crippen LogP contribution in [-0.4, -0.2) is 48.5 Å². The third-order valence-electron chi connectivity index (χ3n) is 7.48. The first-order valence-electron chi connectivity index (χ1n) is 13.2. The fourth-order valence-electron chi connectivity index (χ4n) is 5.39. The number of hydrogen-bond acceptors (Lipinski definition) is 4. The molecule has 0 spiro atoms. The Bertz CT molecular complexity index is 1100. The lowest BCUT2D eigenvalue weighted by atomic mass is 9.93. The number of nitrogens with one attached hydrogen (secondary N) is 1. The number of pyridine rings is 1. The zero-order valence-corrected chi connectivity index (χ0v) is 20.5. The molecular formula is C30H36N4O. The fourth-order valence-corrected chi connectivity index (χ4v) is 5.39. The van der Waals surface area contributed by atoms with E-state index < -0.39 is 0 Å². The van der Waals surface area contributed by atoms with Gasteiger partial charge in [-0.1, -0.05) is 48.9 Å². The van der Waals surface area contributed by atoms with E-state index >= 15 is 0 Å². The molecule has 0 bridgehead atoms. The number of carbonyl (C=O) groups excluding carboxylic acids is 1. The Hall–Kier alpha value is -3.18. The Kier molecular flexibility index (Phi) is 7.74. The van der Waals surface area contributed by atoms with Crippen LogP contribution >= 0.6 is 0 Å². The molecule has 1 amide bonds. The summed E-state index contributed by atoms with van der Waals surface area (Å²) < 4.78 is 0. The first-order valence-corrected chi connectivity index (χ1v) is 13.2. The first-order chi connectivity index (χ1) is 17.3. The molecule has 5 rings (SSSR count). The molecule has 182 valence electrons. The molecule has 0 saturated carbocycles. The minimum Gasteiger partial charge on any atom is -0.355 e. The van der Waals surface area contributed by atoms with Crippen LogP contribution in [0.15, 0.2) is 72.9 Å². The van der Waals surface area contributed by atoms with Crippen molar-refractivity contribution >= 4 is 17.4 Å². The molecule has 2 aromatic carbocycles. The summed E-state index contributed by atoms with van der Waals surface area (Å²) in [4.78, 5) is 22.8. The molecule has 0 radical (unpaired) electrons. The molecule has 3 aromatic rings. The number of nitrogens with zero attached hydrogens (tertiary/aromatic N) is 3. The highest BCUT2D eigenvalue weighted by molar-refractivity contribution is 6.06. The molecule has 0 aliphatic carbocycles. The van der Waals surface area contributed by atoms with E-state index in [4.69, 9.17) is 0 Å². The van der Waals surface area contributed by atoms with E-state index in [-0.39, 0.29) is 5.91 Å². The molecule has 2 aliphatic rings. The average molecular weight is 469 g/mol. The number of piperidine rings is 2. The second-order valence-electron chi connectivity index (χ2n) is 9.90. The number of rotatable bonds is 7. The lowest BCUT2D eigenvalue weighted by Crippen LogP contribution is -2.37. The molecule has 0 unspecified atom stereocenters. The monoisotopic (exact) mass is 468 g/mol. The van der Waals surface area contributed by atoms with Gasteiger partial charge in [0.25, 0.3) is 5.91 Å². The van der Waals surface area contributed by atoms with Gasteiger partial charge in [0.2, 0.25) is 0 Å². The van der Waals surface area contributed by atoms with Gasteiger partial charge in [0.1, 0.15) is 0 Å². The molecule has 1 N–H and O–H groups in total. The van der Waals surface area contributed by atoms with Crippen LogP contribution in [0.4, 0.5) is 11.5 Å². The Morgan fingerprint density at radius 1 is 0.857 bits per heavy atom. The number of carbonyl (C=O) groups is 1. The van der Waals surface area contributed by atoms with Crippen LogP contribution in [0, 0.1) is 5.92 Å². The number of likely N-dealkylation sites (tertiary alicyclic amines) is 1. The number of amides is 1. The maximum absolute atomic E-state index is 13.2. The van der Waals surface area contributed by atoms with Gasteiger partial charge in [0, 0.05) is 24.8 Å². The van der Waals surface area contributed by atoms with Gasteiger partial charge in [-0.25, -0.2) is 4.98 Å². The number of hydrogen-bond donors (Lipinski definition) is 1. The molecule has 5 heteroatoms. The zero-order chi connectivity index (χ0) is 23.9. The van der Waals surface area contributed by atoms with Gasteiger partial charge >= 0.3 is 0 Å². The summed E-state index contributed by atoms with van der Waals surface area (Å²) in [5.41, 5.74) is 3.58. The highest BCUT2D eigenvalue weighted by Crippen LogP contribution is 2.30. The van der Waals surface area contributed by atoms with Crippen molar-refractivity contribution in [3.63, 3.8) is 0 Å². The van der Waals surface area contributed by atoms with Crippen molar-refractivity contribution in [2.24, 2.45) is 5.92 Å². The van der Waals surface area contributed by atoms with Crippen molar-refractivity contribution in [1.82, 2.24) is 9.88 Å². The summed E-state index contributed by atoms with van der Waals surface area (Å²) in [6.07, 6.45) is 9.64. The second kappa shape index (κ2) is 11.5. The van der Waals surface area contributed by atoms with E-state index in [1.807, 2.05) is 60.8 Å². The van der Waals surface area contributed by atoms with Crippen LogP contribution in [0.25, 0.3) is 11.1 Å². The summed E-state index contributed by atoms with van der Waals surface area (Å²) >= 11 is 0. The normalized spacial score (nSPS) is 17.3. The summed E-state index contributed by atoms with van der Waals surface area (Å²) in [6, 6.07) is 21.8. The van der Waals surface area contributed by atoms with Crippen molar-refractivity contribution < 1.29 is 4.79 Å². The SMILES string of the molecule is O=C(Nc1cccnc1N1CCC(CCN2CCCCC2)CC1)c1cccc(-c2ccccc2)c1. The molecule has 0 atom stereocenters. The van der Waals surface area contributed by atoms with Crippen LogP contribution in [-0.2, 0) is 0 Å². The maximum atomic E-state index is 13.2. The van der Waals surface area contributed by atoms with Crippen molar-refractivity contribution in [3.8, 4) is 11.1 Å². The molecule has 1 aromatic heterocycles. The molecule has 3 heterocycles. The van der Waals surface area contributed by atoms with E-state index in [1.54, 1.807) is 0 Å². The molecular weight excluding hydrogens is 432 g/mol. The van der Waals surface area contributed by atoms with Gasteiger partial charge in [-0.05, 0) is 93.0 Å². The maximum Gasteiger partial charge on any atom is 0.255 e. The Morgan fingerprint density at radius 2 is 1.63 bits per heavy atom. The minimum atomic E-state index is -0.103. The summed E-state index contributed by atoms with van der Waals surface area (Å²) in [6.45, 7) is 5.80. The Labute approximate surface area is 209 Å². The third-order valence-corrected chi connectivity index (χ3v) is 7.48. The first kappa shape index (κ1) is 23.6. The Morgan fingerprint density at radius 3 is 2.43 bits per heavy atom. The molecule has 2 fully saturated rings. The highest BCUT2D eigenvalue weighted by atomic mass is 16.1. The Balaban J connectivity index is 1.20. The van der Waals surface area contributed by atoms with Crippen LogP contribution in [0.2, 0.25) is 0 Å². The van der Waals surface area contributed by atoms with Gasteiger partial charge in [-0.2, -0.15) is 0 Å². The van der Waals surface area contributed by atoms with Crippen molar-refractivity contribution in [2.45, 2.75) is 38.5 Å². The van der Waals surface area contributed by atoms with E-state index in [0.717, 1.165) is 41.6 Å². The molecule has 2 aliphatic heterocycles. The van der Waals surface area contributed by atoms with E-state index in [1.165, 1.54) is 58.2 Å². The van der Waals surface area contributed by atoms with Crippen LogP contribution in [0.1, 0.15) is 48.9 Å². The minimum absolute atomic E-state index is 0.103. The number of benzene rings is 2. The predicted molar refractivity (Wildman–Crippen MR) is 144 cm³/mol. The van der Waals surface area contributed by atoms with Crippen molar-refractivity contribution in [3.05, 3.63) is 78.5 Å². The van der Waals surface area contributed by atoms with E-state index in [9.17, 15) is 4.79 Å². The fraction of sp³-hybridized carbons (Fsp3) is 0.400. The van der Waals surface area contributed by atoms with Crippen LogP contribution in [0.3, 0.4) is 0 Å². The molecule has 2 saturated heterocycles. The second-order valence-corrected chi connectivity index (χ2v) is 9.90. The predicted octanol–water partition coefficient (Wildman–Crippen LogP) is 6.09. The van der Waals surface area contributed by atoms with Crippen molar-refractivity contribution in [1.29, 1.82) is 0 Å². The average Bonchev–Trinajstić information content (AvgIpc) is 2.94. The van der Waals surface area contributed by atoms with Crippen molar-refractivity contribution in [2.75, 3.05) is 42.9 Å². The largest absolute Gasteiger partial charge is 0.355 e. The number of anilines is 2. The summed E-state index contributed by atoms with van der Waals surface area (Å²) in [5, 5.41) is 3.13. The quantitative estimate of drug-likeness (QED) is 0.456. The lowest BCUT2D eigenvalue weighted by Gasteiger charge is -2.35. The topological polar surface area (TPSA) is 48.5 Å². The van der Waals surface area contributed by atoms with Gasteiger partial charge in [-0.15, -0.1) is 0 Å². The third kappa shape index (κ3) is 6.09. The van der Waals surface area contributed by atoms with E-state index in [0.29, 0.717) is 5.56 Å². The van der Waals surface area contributed by atoms with Crippen LogP contribution in [0.5, 0.6) is 0 Å². The smallest absolute Gasteiger partial charge is 0.255 e. The van der Waals surface area contributed by atoms with Gasteiger partial charge in [-0.3, -0.25) is 4.79 Å². The lowest BCUT2D eigenvalue weighted by molar-refractivity contribution is 0.102. The van der Waals surface area contributed by atoms with Gasteiger partial charge in [0.05, 0.1) is 5.69 Å².